The van der Waals surface area contributed by atoms with E-state index in [2.05, 4.69) is 10.2 Å². The number of anilines is 1. The standard InChI is InChI=1S/C21H20FN3O2/c1-24-9-11-25(12-10-24)19-18(23-15-6-4-5-14(22)13-15)20(26)16-7-2-3-8-17(16)21(19)27/h2-8,13,23H,9-12H2,1H3. The van der Waals surface area contributed by atoms with Gasteiger partial charge >= 0.3 is 0 Å². The van der Waals surface area contributed by atoms with Crippen molar-refractivity contribution in [1.29, 1.82) is 0 Å². The number of allylic oxidation sites excluding steroid dienone is 2. The molecule has 0 spiro atoms. The Morgan fingerprint density at radius 3 is 2.22 bits per heavy atom. The van der Waals surface area contributed by atoms with Gasteiger partial charge in [-0.2, -0.15) is 0 Å². The summed E-state index contributed by atoms with van der Waals surface area (Å²) in [6.07, 6.45) is 0. The lowest BCUT2D eigenvalue weighted by Crippen LogP contribution is -2.47. The van der Waals surface area contributed by atoms with Crippen molar-refractivity contribution in [2.24, 2.45) is 0 Å². The maximum absolute atomic E-state index is 13.6. The molecule has 0 saturated carbocycles. The summed E-state index contributed by atoms with van der Waals surface area (Å²) in [4.78, 5) is 30.5. The first-order valence-electron chi connectivity index (χ1n) is 8.93. The van der Waals surface area contributed by atoms with Gasteiger partial charge in [0.15, 0.2) is 0 Å². The van der Waals surface area contributed by atoms with E-state index in [1.54, 1.807) is 36.4 Å². The molecule has 1 aliphatic heterocycles. The molecule has 0 bridgehead atoms. The van der Waals surface area contributed by atoms with Gasteiger partial charge in [0.05, 0.1) is 0 Å². The number of carbonyl (C=O) groups excluding carboxylic acids is 2. The molecule has 138 valence electrons. The summed E-state index contributed by atoms with van der Waals surface area (Å²) in [5.41, 5.74) is 1.82. The lowest BCUT2D eigenvalue weighted by atomic mass is 9.89. The second kappa shape index (κ2) is 6.96. The topological polar surface area (TPSA) is 52.6 Å². The number of hydrogen-bond donors (Lipinski definition) is 1. The molecule has 1 fully saturated rings. The van der Waals surface area contributed by atoms with Crippen molar-refractivity contribution in [2.45, 2.75) is 0 Å². The number of Topliss-reactive ketones (excluding diaryl/α,β-unsaturated/α-hetero) is 2. The average molecular weight is 365 g/mol. The molecule has 0 radical (unpaired) electrons. The molecule has 1 aliphatic carbocycles. The summed E-state index contributed by atoms with van der Waals surface area (Å²) in [5.74, 6) is -0.825. The van der Waals surface area contributed by atoms with Gasteiger partial charge in [-0.05, 0) is 25.2 Å². The summed E-state index contributed by atoms with van der Waals surface area (Å²) < 4.78 is 13.6. The van der Waals surface area contributed by atoms with E-state index in [-0.39, 0.29) is 17.3 Å². The van der Waals surface area contributed by atoms with Crippen molar-refractivity contribution in [1.82, 2.24) is 9.80 Å². The summed E-state index contributed by atoms with van der Waals surface area (Å²) in [5, 5.41) is 3.02. The highest BCUT2D eigenvalue weighted by molar-refractivity contribution is 6.27. The molecule has 0 unspecified atom stereocenters. The summed E-state index contributed by atoms with van der Waals surface area (Å²) >= 11 is 0. The van der Waals surface area contributed by atoms with E-state index in [1.165, 1.54) is 12.1 Å². The molecule has 5 nitrogen and oxygen atoms in total. The van der Waals surface area contributed by atoms with Crippen molar-refractivity contribution in [3.63, 3.8) is 0 Å². The van der Waals surface area contributed by atoms with Crippen LogP contribution in [0, 0.1) is 5.82 Å². The van der Waals surface area contributed by atoms with Crippen LogP contribution in [0.4, 0.5) is 10.1 Å². The molecule has 6 heteroatoms. The Hall–Kier alpha value is -2.99. The third kappa shape index (κ3) is 3.24. The maximum atomic E-state index is 13.6. The molecule has 2 aromatic carbocycles. The molecule has 0 amide bonds. The second-order valence-corrected chi connectivity index (χ2v) is 6.85. The Balaban J connectivity index is 1.80. The minimum Gasteiger partial charge on any atom is -0.364 e. The van der Waals surface area contributed by atoms with Crippen LogP contribution < -0.4 is 5.32 Å². The van der Waals surface area contributed by atoms with Gasteiger partial charge in [-0.1, -0.05) is 30.3 Å². The molecule has 2 aliphatic rings. The second-order valence-electron chi connectivity index (χ2n) is 6.85. The molecular weight excluding hydrogens is 345 g/mol. The van der Waals surface area contributed by atoms with Crippen molar-refractivity contribution in [3.8, 4) is 0 Å². The van der Waals surface area contributed by atoms with E-state index >= 15 is 0 Å². The molecular formula is C21H20FN3O2. The third-order valence-electron chi connectivity index (χ3n) is 5.01. The zero-order valence-corrected chi connectivity index (χ0v) is 15.0. The number of nitrogens with zero attached hydrogens (tertiary/aromatic N) is 2. The van der Waals surface area contributed by atoms with Crippen molar-refractivity contribution < 1.29 is 14.0 Å². The van der Waals surface area contributed by atoms with Crippen LogP contribution in [0.5, 0.6) is 0 Å². The normalized spacial score (nSPS) is 17.9. The molecule has 1 N–H and O–H groups in total. The number of ketones is 2. The van der Waals surface area contributed by atoms with Gasteiger partial charge in [-0.15, -0.1) is 0 Å². The number of halogens is 1. The zero-order valence-electron chi connectivity index (χ0n) is 15.0. The van der Waals surface area contributed by atoms with Gasteiger partial charge in [0, 0.05) is 43.0 Å². The van der Waals surface area contributed by atoms with Gasteiger partial charge < -0.3 is 15.1 Å². The Bertz CT molecular complexity index is 946. The Labute approximate surface area is 157 Å². The predicted octanol–water partition coefficient (Wildman–Crippen LogP) is 2.78. The molecule has 1 saturated heterocycles. The lowest BCUT2D eigenvalue weighted by Gasteiger charge is -2.37. The Morgan fingerprint density at radius 2 is 1.56 bits per heavy atom. The van der Waals surface area contributed by atoms with Crippen LogP contribution in [-0.4, -0.2) is 54.6 Å². The molecule has 1 heterocycles. The van der Waals surface area contributed by atoms with Crippen LogP contribution in [0.15, 0.2) is 59.9 Å². The number of likely N-dealkylation sites (N-methyl/N-ethyl adjacent to an activating group) is 1. The smallest absolute Gasteiger partial charge is 0.212 e. The predicted molar refractivity (Wildman–Crippen MR) is 101 cm³/mol. The Morgan fingerprint density at radius 1 is 0.889 bits per heavy atom. The number of fused-ring (bicyclic) bond motifs is 1. The number of hydrogen-bond acceptors (Lipinski definition) is 5. The first-order chi connectivity index (χ1) is 13.0. The quantitative estimate of drug-likeness (QED) is 0.907. The van der Waals surface area contributed by atoms with Gasteiger partial charge in [-0.25, -0.2) is 4.39 Å². The summed E-state index contributed by atoms with van der Waals surface area (Å²) in [6.45, 7) is 2.92. The molecule has 4 rings (SSSR count). The first-order valence-corrected chi connectivity index (χ1v) is 8.93. The lowest BCUT2D eigenvalue weighted by molar-refractivity contribution is 0.0917. The minimum absolute atomic E-state index is 0.173. The number of carbonyl (C=O) groups is 2. The fourth-order valence-electron chi connectivity index (χ4n) is 3.52. The van der Waals surface area contributed by atoms with Gasteiger partial charge in [0.2, 0.25) is 11.6 Å². The van der Waals surface area contributed by atoms with E-state index in [0.717, 1.165) is 13.1 Å². The van der Waals surface area contributed by atoms with Crippen molar-refractivity contribution in [3.05, 3.63) is 76.9 Å². The van der Waals surface area contributed by atoms with Crippen LogP contribution in [0.1, 0.15) is 20.7 Å². The molecule has 2 aromatic rings. The third-order valence-corrected chi connectivity index (χ3v) is 5.01. The fraction of sp³-hybridized carbons (Fsp3) is 0.238. The minimum atomic E-state index is -0.406. The van der Waals surface area contributed by atoms with E-state index < -0.39 is 5.82 Å². The molecule has 27 heavy (non-hydrogen) atoms. The first kappa shape index (κ1) is 17.4. The SMILES string of the molecule is CN1CCN(C2=C(Nc3cccc(F)c3)C(=O)c3ccccc3C2=O)CC1. The fourth-order valence-corrected chi connectivity index (χ4v) is 3.52. The number of rotatable bonds is 3. The van der Waals surface area contributed by atoms with Crippen molar-refractivity contribution >= 4 is 17.3 Å². The number of piperazine rings is 1. The van der Waals surface area contributed by atoms with Crippen LogP contribution >= 0.6 is 0 Å². The van der Waals surface area contributed by atoms with Crippen molar-refractivity contribution in [2.75, 3.05) is 38.5 Å². The van der Waals surface area contributed by atoms with Crippen LogP contribution in [0.2, 0.25) is 0 Å². The molecule has 0 atom stereocenters. The van der Waals surface area contributed by atoms with Gasteiger partial charge in [0.1, 0.15) is 17.2 Å². The maximum Gasteiger partial charge on any atom is 0.212 e. The zero-order chi connectivity index (χ0) is 19.0. The Kier molecular flexibility index (Phi) is 4.49. The largest absolute Gasteiger partial charge is 0.364 e. The average Bonchev–Trinajstić information content (AvgIpc) is 2.67. The van der Waals surface area contributed by atoms with E-state index in [1.807, 2.05) is 11.9 Å². The van der Waals surface area contributed by atoms with E-state index in [0.29, 0.717) is 35.6 Å². The van der Waals surface area contributed by atoms with Crippen LogP contribution in [0.3, 0.4) is 0 Å². The van der Waals surface area contributed by atoms with Crippen LogP contribution in [-0.2, 0) is 0 Å². The summed E-state index contributed by atoms with van der Waals surface area (Å²) in [6, 6.07) is 12.7. The highest BCUT2D eigenvalue weighted by Crippen LogP contribution is 2.30. The van der Waals surface area contributed by atoms with E-state index in [4.69, 9.17) is 0 Å². The monoisotopic (exact) mass is 365 g/mol. The number of benzene rings is 2. The molecule has 0 aromatic heterocycles. The van der Waals surface area contributed by atoms with E-state index in [9.17, 15) is 14.0 Å². The highest BCUT2D eigenvalue weighted by Gasteiger charge is 2.36. The highest BCUT2D eigenvalue weighted by atomic mass is 19.1. The van der Waals surface area contributed by atoms with Crippen LogP contribution in [0.25, 0.3) is 0 Å². The van der Waals surface area contributed by atoms with Gasteiger partial charge in [0.25, 0.3) is 0 Å². The summed E-state index contributed by atoms with van der Waals surface area (Å²) in [7, 11) is 2.03. The van der Waals surface area contributed by atoms with Gasteiger partial charge in [-0.3, -0.25) is 9.59 Å². The number of nitrogens with one attached hydrogen (secondary N) is 1.